The number of phenolic OH excluding ortho intramolecular Hbond substituents is 1. The number of rotatable bonds is 6. The molecule has 0 aliphatic heterocycles. The maximum atomic E-state index is 11.6. The lowest BCUT2D eigenvalue weighted by Gasteiger charge is -2.12. The first-order chi connectivity index (χ1) is 8.99. The molecule has 0 radical (unpaired) electrons. The van der Waals surface area contributed by atoms with Crippen LogP contribution in [0, 0.1) is 0 Å². The van der Waals surface area contributed by atoms with Crippen LogP contribution in [0.5, 0.6) is 5.75 Å². The van der Waals surface area contributed by atoms with E-state index < -0.39 is 12.1 Å². The van der Waals surface area contributed by atoms with Gasteiger partial charge in [0, 0.05) is 0 Å². The second-order valence-corrected chi connectivity index (χ2v) is 3.94. The van der Waals surface area contributed by atoms with Crippen LogP contribution in [0.4, 0.5) is 4.79 Å². The van der Waals surface area contributed by atoms with E-state index in [9.17, 15) is 9.59 Å². The van der Waals surface area contributed by atoms with Gasteiger partial charge in [-0.25, -0.2) is 4.79 Å². The number of carbonyl (C=O) groups excluding carboxylic acids is 2. The number of benzene rings is 1. The van der Waals surface area contributed by atoms with E-state index in [0.29, 0.717) is 6.42 Å². The normalized spacial score (nSPS) is 11.6. The topological polar surface area (TPSA) is 128 Å². The number of nitrogens with one attached hydrogen (secondary N) is 1. The van der Waals surface area contributed by atoms with E-state index in [1.54, 1.807) is 12.1 Å². The maximum Gasteiger partial charge on any atom is 0.404 e. The number of aromatic hydroxyl groups is 1. The van der Waals surface area contributed by atoms with E-state index >= 15 is 0 Å². The van der Waals surface area contributed by atoms with E-state index in [-0.39, 0.29) is 24.8 Å². The molecule has 0 spiro atoms. The quantitative estimate of drug-likeness (QED) is 0.515. The minimum Gasteiger partial charge on any atom is -0.508 e. The van der Waals surface area contributed by atoms with Crippen molar-refractivity contribution in [2.45, 2.75) is 12.5 Å². The average molecular weight is 267 g/mol. The molecule has 7 heteroatoms. The summed E-state index contributed by atoms with van der Waals surface area (Å²) in [5.74, 6) is -0.188. The molecule has 0 aliphatic carbocycles. The summed E-state index contributed by atoms with van der Waals surface area (Å²) in [6.07, 6.45) is -0.536. The number of nitrogens with two attached hydrogens (primary N) is 2. The van der Waals surface area contributed by atoms with Crippen LogP contribution >= 0.6 is 0 Å². The Morgan fingerprint density at radius 2 is 1.95 bits per heavy atom. The highest BCUT2D eigenvalue weighted by molar-refractivity contribution is 5.81. The van der Waals surface area contributed by atoms with Crippen molar-refractivity contribution >= 4 is 12.0 Å². The summed E-state index contributed by atoms with van der Waals surface area (Å²) in [6.45, 7) is 0.165. The largest absolute Gasteiger partial charge is 0.508 e. The summed E-state index contributed by atoms with van der Waals surface area (Å²) < 4.78 is 4.46. The first-order valence-corrected chi connectivity index (χ1v) is 5.72. The molecule has 1 unspecified atom stereocenters. The number of primary amides is 1. The number of hydrogen-bond acceptors (Lipinski definition) is 5. The fourth-order valence-corrected chi connectivity index (χ4v) is 1.44. The van der Waals surface area contributed by atoms with Gasteiger partial charge in [0.05, 0.1) is 12.6 Å². The third-order valence-electron chi connectivity index (χ3n) is 2.37. The Morgan fingerprint density at radius 1 is 1.32 bits per heavy atom. The number of amides is 2. The molecule has 0 saturated carbocycles. The Morgan fingerprint density at radius 3 is 2.53 bits per heavy atom. The van der Waals surface area contributed by atoms with Crippen LogP contribution in [0.15, 0.2) is 24.3 Å². The van der Waals surface area contributed by atoms with Gasteiger partial charge in [0.25, 0.3) is 0 Å². The SMILES string of the molecule is NC(=O)OCCNC(=O)C(N)Cc1ccc(O)cc1. The van der Waals surface area contributed by atoms with E-state index in [1.165, 1.54) is 12.1 Å². The van der Waals surface area contributed by atoms with E-state index in [0.717, 1.165) is 5.56 Å². The van der Waals surface area contributed by atoms with E-state index in [4.69, 9.17) is 16.6 Å². The summed E-state index contributed by atoms with van der Waals surface area (Å²) in [6, 6.07) is 5.73. The lowest BCUT2D eigenvalue weighted by Crippen LogP contribution is -2.43. The summed E-state index contributed by atoms with van der Waals surface area (Å²) >= 11 is 0. The fourth-order valence-electron chi connectivity index (χ4n) is 1.44. The predicted molar refractivity (Wildman–Crippen MR) is 68.3 cm³/mol. The molecule has 1 aromatic rings. The molecule has 1 aromatic carbocycles. The highest BCUT2D eigenvalue weighted by atomic mass is 16.5. The zero-order valence-corrected chi connectivity index (χ0v) is 10.3. The van der Waals surface area contributed by atoms with Crippen molar-refractivity contribution in [3.63, 3.8) is 0 Å². The lowest BCUT2D eigenvalue weighted by atomic mass is 10.1. The van der Waals surface area contributed by atoms with Crippen molar-refractivity contribution in [3.8, 4) is 5.75 Å². The summed E-state index contributed by atoms with van der Waals surface area (Å²) in [4.78, 5) is 21.9. The van der Waals surface area contributed by atoms with Crippen LogP contribution in [-0.2, 0) is 16.0 Å². The molecule has 104 valence electrons. The van der Waals surface area contributed by atoms with Crippen molar-refractivity contribution in [2.75, 3.05) is 13.2 Å². The molecule has 1 atom stereocenters. The molecule has 19 heavy (non-hydrogen) atoms. The molecular formula is C12H17N3O4. The predicted octanol–water partition coefficient (Wildman–Crippen LogP) is -0.526. The van der Waals surface area contributed by atoms with Crippen molar-refractivity contribution in [3.05, 3.63) is 29.8 Å². The summed E-state index contributed by atoms with van der Waals surface area (Å²) in [7, 11) is 0. The zero-order chi connectivity index (χ0) is 14.3. The van der Waals surface area contributed by atoms with Gasteiger partial charge in [-0.1, -0.05) is 12.1 Å². The van der Waals surface area contributed by atoms with E-state index in [1.807, 2.05) is 0 Å². The molecule has 2 amide bonds. The van der Waals surface area contributed by atoms with Crippen LogP contribution in [0.25, 0.3) is 0 Å². The third-order valence-corrected chi connectivity index (χ3v) is 2.37. The Hall–Kier alpha value is -2.28. The smallest absolute Gasteiger partial charge is 0.404 e. The Labute approximate surface area is 110 Å². The van der Waals surface area contributed by atoms with Gasteiger partial charge >= 0.3 is 6.09 Å². The number of ether oxygens (including phenoxy) is 1. The van der Waals surface area contributed by atoms with Gasteiger partial charge in [0.2, 0.25) is 5.91 Å². The zero-order valence-electron chi connectivity index (χ0n) is 10.3. The van der Waals surface area contributed by atoms with Crippen LogP contribution < -0.4 is 16.8 Å². The Bertz CT molecular complexity index is 433. The van der Waals surface area contributed by atoms with Crippen molar-refractivity contribution < 1.29 is 19.4 Å². The summed E-state index contributed by atoms with van der Waals surface area (Å²) in [5, 5.41) is 11.6. The first-order valence-electron chi connectivity index (χ1n) is 5.72. The van der Waals surface area contributed by atoms with Crippen molar-refractivity contribution in [2.24, 2.45) is 11.5 Å². The van der Waals surface area contributed by atoms with Gasteiger partial charge in [0.1, 0.15) is 12.4 Å². The first kappa shape index (κ1) is 14.8. The molecule has 7 nitrogen and oxygen atoms in total. The molecule has 1 rings (SSSR count). The van der Waals surface area contributed by atoms with Gasteiger partial charge < -0.3 is 26.6 Å². The molecule has 0 saturated heterocycles. The van der Waals surface area contributed by atoms with Crippen LogP contribution in [0.3, 0.4) is 0 Å². The van der Waals surface area contributed by atoms with Gasteiger partial charge in [-0.15, -0.1) is 0 Å². The molecule has 6 N–H and O–H groups in total. The standard InChI is InChI=1S/C12H17N3O4/c13-10(7-8-1-3-9(16)4-2-8)11(17)15-5-6-19-12(14)18/h1-4,10,16H,5-7,13H2,(H2,14,18)(H,15,17). The molecule has 0 aromatic heterocycles. The second-order valence-electron chi connectivity index (χ2n) is 3.94. The minimum absolute atomic E-state index is 0.00695. The van der Waals surface area contributed by atoms with Crippen molar-refractivity contribution in [1.82, 2.24) is 5.32 Å². The monoisotopic (exact) mass is 267 g/mol. The van der Waals surface area contributed by atoms with Crippen molar-refractivity contribution in [1.29, 1.82) is 0 Å². The second kappa shape index (κ2) is 7.22. The number of carbonyl (C=O) groups is 2. The number of hydrogen-bond donors (Lipinski definition) is 4. The highest BCUT2D eigenvalue weighted by Crippen LogP contribution is 2.10. The number of phenols is 1. The highest BCUT2D eigenvalue weighted by Gasteiger charge is 2.13. The Balaban J connectivity index is 2.32. The van der Waals surface area contributed by atoms with Crippen LogP contribution in [0.2, 0.25) is 0 Å². The maximum absolute atomic E-state index is 11.6. The van der Waals surface area contributed by atoms with Gasteiger partial charge in [-0.2, -0.15) is 0 Å². The lowest BCUT2D eigenvalue weighted by molar-refractivity contribution is -0.122. The van der Waals surface area contributed by atoms with Gasteiger partial charge in [0.15, 0.2) is 0 Å². The van der Waals surface area contributed by atoms with E-state index in [2.05, 4.69) is 10.1 Å². The molecule has 0 bridgehead atoms. The van der Waals surface area contributed by atoms with Crippen LogP contribution in [-0.4, -0.2) is 36.3 Å². The van der Waals surface area contributed by atoms with Crippen LogP contribution in [0.1, 0.15) is 5.56 Å². The molecule has 0 heterocycles. The van der Waals surface area contributed by atoms with Gasteiger partial charge in [-0.05, 0) is 24.1 Å². The molecule has 0 aliphatic rings. The molecular weight excluding hydrogens is 250 g/mol. The van der Waals surface area contributed by atoms with Gasteiger partial charge in [-0.3, -0.25) is 4.79 Å². The average Bonchev–Trinajstić information content (AvgIpc) is 2.36. The summed E-state index contributed by atoms with van der Waals surface area (Å²) in [5.41, 5.74) is 11.3. The Kier molecular flexibility index (Phi) is 5.62. The third kappa shape index (κ3) is 5.73. The minimum atomic E-state index is -0.886. The fraction of sp³-hybridized carbons (Fsp3) is 0.333. The molecule has 0 fully saturated rings.